The molecule has 0 saturated carbocycles. The lowest BCUT2D eigenvalue weighted by molar-refractivity contribution is -0.115. The second kappa shape index (κ2) is 5.87. The Kier molecular flexibility index (Phi) is 3.94. The maximum Gasteiger partial charge on any atom is 0.263 e. The monoisotopic (exact) mass is 315 g/mol. The van der Waals surface area contributed by atoms with Gasteiger partial charge in [-0.1, -0.05) is 54.3 Å². The summed E-state index contributed by atoms with van der Waals surface area (Å²) in [5.74, 6) is 0.657. The molecular formula is C16H13NO2S2. The zero-order valence-corrected chi connectivity index (χ0v) is 13.0. The number of carbonyl (C=O) groups is 1. The fourth-order valence-electron chi connectivity index (χ4n) is 2.11. The van der Waals surface area contributed by atoms with Crippen LogP contribution in [0.5, 0.6) is 5.75 Å². The highest BCUT2D eigenvalue weighted by Gasteiger charge is 2.24. The molecule has 1 saturated heterocycles. The van der Waals surface area contributed by atoms with Crippen LogP contribution in [0, 0.1) is 0 Å². The SMILES string of the molecule is CC(COc1ccc2ccccc2c1)=C1SC(=S)NC1=O. The van der Waals surface area contributed by atoms with E-state index in [0.717, 1.165) is 16.7 Å². The molecule has 1 N–H and O–H groups in total. The number of carbonyl (C=O) groups excluding carboxylic acids is 1. The van der Waals surface area contributed by atoms with E-state index in [1.165, 1.54) is 17.1 Å². The second-order valence-corrected chi connectivity index (χ2v) is 6.44. The molecule has 2 aromatic carbocycles. The van der Waals surface area contributed by atoms with Crippen molar-refractivity contribution >= 4 is 45.0 Å². The predicted molar refractivity (Wildman–Crippen MR) is 90.5 cm³/mol. The van der Waals surface area contributed by atoms with Gasteiger partial charge in [0, 0.05) is 0 Å². The van der Waals surface area contributed by atoms with Crippen LogP contribution in [0.1, 0.15) is 6.92 Å². The quantitative estimate of drug-likeness (QED) is 0.693. The lowest BCUT2D eigenvalue weighted by Crippen LogP contribution is -2.18. The summed E-state index contributed by atoms with van der Waals surface area (Å²) in [6, 6.07) is 14.1. The molecule has 21 heavy (non-hydrogen) atoms. The number of hydrogen-bond donors (Lipinski definition) is 1. The van der Waals surface area contributed by atoms with E-state index in [2.05, 4.69) is 11.4 Å². The molecule has 0 radical (unpaired) electrons. The number of thiocarbonyl (C=S) groups is 1. The van der Waals surface area contributed by atoms with Gasteiger partial charge >= 0.3 is 0 Å². The van der Waals surface area contributed by atoms with Crippen LogP contribution < -0.4 is 10.1 Å². The Morgan fingerprint density at radius 2 is 2.00 bits per heavy atom. The maximum absolute atomic E-state index is 11.7. The van der Waals surface area contributed by atoms with Crippen molar-refractivity contribution in [1.29, 1.82) is 0 Å². The number of thioether (sulfide) groups is 1. The van der Waals surface area contributed by atoms with Gasteiger partial charge in [0.2, 0.25) is 0 Å². The van der Waals surface area contributed by atoms with Gasteiger partial charge in [-0.3, -0.25) is 4.79 Å². The van der Waals surface area contributed by atoms with Gasteiger partial charge in [-0.05, 0) is 35.4 Å². The minimum atomic E-state index is -0.135. The van der Waals surface area contributed by atoms with E-state index >= 15 is 0 Å². The molecule has 0 bridgehead atoms. The molecule has 1 fully saturated rings. The van der Waals surface area contributed by atoms with E-state index in [1.807, 2.05) is 43.3 Å². The predicted octanol–water partition coefficient (Wildman–Crippen LogP) is 3.64. The van der Waals surface area contributed by atoms with E-state index in [9.17, 15) is 4.79 Å². The molecule has 0 spiro atoms. The van der Waals surface area contributed by atoms with E-state index < -0.39 is 0 Å². The highest BCUT2D eigenvalue weighted by molar-refractivity contribution is 8.26. The number of fused-ring (bicyclic) bond motifs is 1. The highest BCUT2D eigenvalue weighted by Crippen LogP contribution is 2.27. The van der Waals surface area contributed by atoms with Gasteiger partial charge in [-0.2, -0.15) is 0 Å². The minimum Gasteiger partial charge on any atom is -0.489 e. The van der Waals surface area contributed by atoms with Crippen molar-refractivity contribution in [3.05, 3.63) is 52.9 Å². The summed E-state index contributed by atoms with van der Waals surface area (Å²) >= 11 is 6.27. The number of amides is 1. The third-order valence-corrected chi connectivity index (χ3v) is 4.56. The summed E-state index contributed by atoms with van der Waals surface area (Å²) in [5.41, 5.74) is 0.880. The molecule has 106 valence electrons. The van der Waals surface area contributed by atoms with Crippen LogP contribution in [-0.2, 0) is 4.79 Å². The fraction of sp³-hybridized carbons (Fsp3) is 0.125. The Labute approximate surface area is 132 Å². The third-order valence-electron chi connectivity index (χ3n) is 3.18. The van der Waals surface area contributed by atoms with Gasteiger partial charge in [0.15, 0.2) is 0 Å². The van der Waals surface area contributed by atoms with Gasteiger partial charge in [0.1, 0.15) is 16.7 Å². The van der Waals surface area contributed by atoms with Crippen LogP contribution >= 0.6 is 24.0 Å². The number of ether oxygens (including phenoxy) is 1. The Morgan fingerprint density at radius 1 is 1.24 bits per heavy atom. The molecule has 1 heterocycles. The summed E-state index contributed by atoms with van der Waals surface area (Å²) in [4.78, 5) is 12.3. The first-order valence-corrected chi connectivity index (χ1v) is 7.70. The first-order valence-electron chi connectivity index (χ1n) is 6.48. The number of hydrogen-bond acceptors (Lipinski definition) is 4. The lowest BCUT2D eigenvalue weighted by Gasteiger charge is -2.08. The minimum absolute atomic E-state index is 0.135. The highest BCUT2D eigenvalue weighted by atomic mass is 32.2. The van der Waals surface area contributed by atoms with Crippen molar-refractivity contribution in [2.24, 2.45) is 0 Å². The lowest BCUT2D eigenvalue weighted by atomic mass is 10.1. The molecule has 1 aliphatic heterocycles. The van der Waals surface area contributed by atoms with Gasteiger partial charge in [0.25, 0.3) is 5.91 Å². The van der Waals surface area contributed by atoms with Crippen molar-refractivity contribution in [2.75, 3.05) is 6.61 Å². The number of benzene rings is 2. The smallest absolute Gasteiger partial charge is 0.263 e. The van der Waals surface area contributed by atoms with Gasteiger partial charge in [-0.25, -0.2) is 0 Å². The van der Waals surface area contributed by atoms with E-state index in [1.54, 1.807) is 0 Å². The molecule has 0 aromatic heterocycles. The first-order chi connectivity index (χ1) is 10.1. The first kappa shape index (κ1) is 14.1. The van der Waals surface area contributed by atoms with Crippen molar-refractivity contribution in [1.82, 2.24) is 5.32 Å². The van der Waals surface area contributed by atoms with E-state index in [4.69, 9.17) is 17.0 Å². The molecule has 3 rings (SSSR count). The Bertz CT molecular complexity index is 768. The molecule has 0 atom stereocenters. The third kappa shape index (κ3) is 3.09. The van der Waals surface area contributed by atoms with Crippen LogP contribution in [0.2, 0.25) is 0 Å². The van der Waals surface area contributed by atoms with Crippen molar-refractivity contribution in [2.45, 2.75) is 6.92 Å². The molecule has 1 amide bonds. The second-order valence-electron chi connectivity index (χ2n) is 4.75. The Morgan fingerprint density at radius 3 is 2.71 bits per heavy atom. The topological polar surface area (TPSA) is 38.3 Å². The molecular weight excluding hydrogens is 302 g/mol. The standard InChI is InChI=1S/C16H13NO2S2/c1-10(14-15(18)17-16(20)21-14)9-19-13-7-6-11-4-2-3-5-12(11)8-13/h2-8H,9H2,1H3,(H,17,18,20). The average molecular weight is 315 g/mol. The number of rotatable bonds is 3. The number of nitrogens with one attached hydrogen (secondary N) is 1. The summed E-state index contributed by atoms with van der Waals surface area (Å²) in [5, 5.41) is 4.92. The molecule has 5 heteroatoms. The van der Waals surface area contributed by atoms with E-state index in [0.29, 0.717) is 15.8 Å². The summed E-state index contributed by atoms with van der Waals surface area (Å²) in [7, 11) is 0. The molecule has 0 unspecified atom stereocenters. The summed E-state index contributed by atoms with van der Waals surface area (Å²) in [6.07, 6.45) is 0. The van der Waals surface area contributed by atoms with Crippen LogP contribution in [-0.4, -0.2) is 16.8 Å². The van der Waals surface area contributed by atoms with E-state index in [-0.39, 0.29) is 5.91 Å². The van der Waals surface area contributed by atoms with Crippen LogP contribution in [0.25, 0.3) is 10.8 Å². The van der Waals surface area contributed by atoms with Gasteiger partial charge in [0.05, 0.1) is 4.91 Å². The summed E-state index contributed by atoms with van der Waals surface area (Å²) in [6.45, 7) is 2.26. The van der Waals surface area contributed by atoms with Gasteiger partial charge < -0.3 is 10.1 Å². The van der Waals surface area contributed by atoms with Crippen molar-refractivity contribution in [3.8, 4) is 5.75 Å². The summed E-state index contributed by atoms with van der Waals surface area (Å²) < 4.78 is 6.28. The van der Waals surface area contributed by atoms with Crippen molar-refractivity contribution < 1.29 is 9.53 Å². The zero-order valence-electron chi connectivity index (χ0n) is 11.4. The van der Waals surface area contributed by atoms with Crippen LogP contribution in [0.15, 0.2) is 52.9 Å². The normalized spacial score (nSPS) is 17.0. The van der Waals surface area contributed by atoms with Crippen LogP contribution in [0.3, 0.4) is 0 Å². The molecule has 1 aliphatic rings. The Balaban J connectivity index is 1.76. The van der Waals surface area contributed by atoms with Gasteiger partial charge in [-0.15, -0.1) is 0 Å². The maximum atomic E-state index is 11.7. The van der Waals surface area contributed by atoms with Crippen molar-refractivity contribution in [3.63, 3.8) is 0 Å². The van der Waals surface area contributed by atoms with Crippen LogP contribution in [0.4, 0.5) is 0 Å². The molecule has 2 aromatic rings. The zero-order chi connectivity index (χ0) is 14.8. The fourth-order valence-corrected chi connectivity index (χ4v) is 3.16. The average Bonchev–Trinajstić information content (AvgIpc) is 2.83. The molecule has 3 nitrogen and oxygen atoms in total. The Hall–Kier alpha value is -1.85. The molecule has 0 aliphatic carbocycles. The largest absolute Gasteiger partial charge is 0.489 e.